The van der Waals surface area contributed by atoms with Gasteiger partial charge in [0.2, 0.25) is 0 Å². The summed E-state index contributed by atoms with van der Waals surface area (Å²) in [5, 5.41) is 2.39. The van der Waals surface area contributed by atoms with E-state index in [0.29, 0.717) is 0 Å². The SMILES string of the molecule is C1=CN(C2CCCCC2)NC(C2CCCCC2)=C1. The van der Waals surface area contributed by atoms with Gasteiger partial charge in [0.1, 0.15) is 0 Å². The molecular weight excluding hydrogens is 220 g/mol. The number of hydrazine groups is 1. The van der Waals surface area contributed by atoms with Gasteiger partial charge in [-0.05, 0) is 37.8 Å². The molecule has 2 nitrogen and oxygen atoms in total. The molecule has 0 saturated heterocycles. The highest BCUT2D eigenvalue weighted by Crippen LogP contribution is 2.31. The zero-order valence-corrected chi connectivity index (χ0v) is 11.4. The Labute approximate surface area is 111 Å². The molecule has 2 aliphatic carbocycles. The summed E-state index contributed by atoms with van der Waals surface area (Å²) in [5.41, 5.74) is 5.18. The molecule has 18 heavy (non-hydrogen) atoms. The second-order valence-electron chi connectivity index (χ2n) is 6.11. The Morgan fingerprint density at radius 2 is 1.56 bits per heavy atom. The van der Waals surface area contributed by atoms with Crippen LogP contribution >= 0.6 is 0 Å². The number of nitrogens with zero attached hydrogens (tertiary/aromatic N) is 1. The largest absolute Gasteiger partial charge is 0.303 e. The van der Waals surface area contributed by atoms with Crippen molar-refractivity contribution in [3.63, 3.8) is 0 Å². The van der Waals surface area contributed by atoms with Crippen LogP contribution in [-0.2, 0) is 0 Å². The summed E-state index contributed by atoms with van der Waals surface area (Å²) in [6.45, 7) is 0. The highest BCUT2D eigenvalue weighted by Gasteiger charge is 2.24. The maximum absolute atomic E-state index is 3.70. The van der Waals surface area contributed by atoms with Crippen LogP contribution in [-0.4, -0.2) is 11.1 Å². The van der Waals surface area contributed by atoms with Gasteiger partial charge in [0.25, 0.3) is 0 Å². The fraction of sp³-hybridized carbons (Fsp3) is 0.750. The van der Waals surface area contributed by atoms with E-state index in [1.807, 2.05) is 0 Å². The summed E-state index contributed by atoms with van der Waals surface area (Å²) in [6.07, 6.45) is 20.8. The van der Waals surface area contributed by atoms with Crippen LogP contribution < -0.4 is 5.43 Å². The van der Waals surface area contributed by atoms with Crippen LogP contribution in [0.25, 0.3) is 0 Å². The lowest BCUT2D eigenvalue weighted by molar-refractivity contribution is 0.159. The minimum atomic E-state index is 0.724. The summed E-state index contributed by atoms with van der Waals surface area (Å²) in [5.74, 6) is 0.787. The molecule has 3 aliphatic rings. The number of rotatable bonds is 2. The van der Waals surface area contributed by atoms with E-state index in [9.17, 15) is 0 Å². The lowest BCUT2D eigenvalue weighted by atomic mass is 9.86. The Morgan fingerprint density at radius 3 is 2.28 bits per heavy atom. The van der Waals surface area contributed by atoms with Crippen molar-refractivity contribution in [1.29, 1.82) is 0 Å². The van der Waals surface area contributed by atoms with Gasteiger partial charge in [0.05, 0.1) is 0 Å². The van der Waals surface area contributed by atoms with E-state index in [1.165, 1.54) is 69.9 Å². The summed E-state index contributed by atoms with van der Waals surface area (Å²) in [7, 11) is 0. The number of hydrogen-bond donors (Lipinski definition) is 1. The van der Waals surface area contributed by atoms with E-state index in [0.717, 1.165) is 12.0 Å². The van der Waals surface area contributed by atoms with Gasteiger partial charge in [-0.1, -0.05) is 38.5 Å². The average Bonchev–Trinajstić information content (AvgIpc) is 2.49. The second-order valence-corrected chi connectivity index (χ2v) is 6.11. The molecule has 0 unspecified atom stereocenters. The predicted octanol–water partition coefficient (Wildman–Crippen LogP) is 4.12. The van der Waals surface area contributed by atoms with Gasteiger partial charge in [-0.25, -0.2) is 0 Å². The smallest absolute Gasteiger partial charge is 0.0497 e. The van der Waals surface area contributed by atoms with Crippen molar-refractivity contribution in [3.05, 3.63) is 24.0 Å². The number of allylic oxidation sites excluding steroid dienone is 3. The molecule has 0 bridgehead atoms. The lowest BCUT2D eigenvalue weighted by Crippen LogP contribution is -2.44. The second kappa shape index (κ2) is 5.81. The third-order valence-corrected chi connectivity index (χ3v) is 4.79. The van der Waals surface area contributed by atoms with Crippen LogP contribution in [0.2, 0.25) is 0 Å². The van der Waals surface area contributed by atoms with Crippen molar-refractivity contribution in [2.45, 2.75) is 70.3 Å². The van der Waals surface area contributed by atoms with E-state index in [-0.39, 0.29) is 0 Å². The summed E-state index contributed by atoms with van der Waals surface area (Å²) >= 11 is 0. The summed E-state index contributed by atoms with van der Waals surface area (Å²) < 4.78 is 0. The van der Waals surface area contributed by atoms with E-state index in [4.69, 9.17) is 0 Å². The lowest BCUT2D eigenvalue weighted by Gasteiger charge is -2.38. The van der Waals surface area contributed by atoms with Gasteiger partial charge in [-0.15, -0.1) is 0 Å². The highest BCUT2D eigenvalue weighted by atomic mass is 15.5. The van der Waals surface area contributed by atoms with E-state index in [1.54, 1.807) is 0 Å². The Kier molecular flexibility index (Phi) is 3.92. The molecule has 0 spiro atoms. The molecule has 3 rings (SSSR count). The Balaban J connectivity index is 1.60. The molecule has 100 valence electrons. The molecule has 0 aromatic heterocycles. The van der Waals surface area contributed by atoms with Crippen molar-refractivity contribution in [3.8, 4) is 0 Å². The first-order valence-corrected chi connectivity index (χ1v) is 7.87. The van der Waals surface area contributed by atoms with Crippen LogP contribution in [0.15, 0.2) is 24.0 Å². The van der Waals surface area contributed by atoms with Crippen molar-refractivity contribution in [2.75, 3.05) is 0 Å². The fourth-order valence-corrected chi connectivity index (χ4v) is 3.68. The van der Waals surface area contributed by atoms with Crippen LogP contribution in [0.1, 0.15) is 64.2 Å². The summed E-state index contributed by atoms with van der Waals surface area (Å²) in [6, 6.07) is 0.724. The Bertz CT molecular complexity index is 320. The van der Waals surface area contributed by atoms with Gasteiger partial charge in [-0.2, -0.15) is 0 Å². The number of hydrogen-bond acceptors (Lipinski definition) is 2. The van der Waals surface area contributed by atoms with Crippen molar-refractivity contribution >= 4 is 0 Å². The fourth-order valence-electron chi connectivity index (χ4n) is 3.68. The van der Waals surface area contributed by atoms with Crippen LogP contribution in [0.3, 0.4) is 0 Å². The zero-order valence-electron chi connectivity index (χ0n) is 11.4. The van der Waals surface area contributed by atoms with E-state index >= 15 is 0 Å². The third-order valence-electron chi connectivity index (χ3n) is 4.79. The maximum atomic E-state index is 3.70. The van der Waals surface area contributed by atoms with E-state index < -0.39 is 0 Å². The average molecular weight is 246 g/mol. The molecule has 0 atom stereocenters. The van der Waals surface area contributed by atoms with Crippen LogP contribution in [0.4, 0.5) is 0 Å². The van der Waals surface area contributed by atoms with E-state index in [2.05, 4.69) is 28.8 Å². The van der Waals surface area contributed by atoms with Crippen LogP contribution in [0.5, 0.6) is 0 Å². The Morgan fingerprint density at radius 1 is 0.889 bits per heavy atom. The van der Waals surface area contributed by atoms with Gasteiger partial charge in [0.15, 0.2) is 0 Å². The van der Waals surface area contributed by atoms with Gasteiger partial charge >= 0.3 is 0 Å². The van der Waals surface area contributed by atoms with Crippen molar-refractivity contribution in [2.24, 2.45) is 5.92 Å². The Hall–Kier alpha value is -0.920. The van der Waals surface area contributed by atoms with Crippen molar-refractivity contribution < 1.29 is 0 Å². The van der Waals surface area contributed by atoms with Crippen LogP contribution in [0, 0.1) is 5.92 Å². The first kappa shape index (κ1) is 12.1. The predicted molar refractivity (Wildman–Crippen MR) is 75.6 cm³/mol. The molecule has 1 aliphatic heterocycles. The molecule has 2 fully saturated rings. The minimum absolute atomic E-state index is 0.724. The monoisotopic (exact) mass is 246 g/mol. The molecule has 1 N–H and O–H groups in total. The zero-order chi connectivity index (χ0) is 12.2. The minimum Gasteiger partial charge on any atom is -0.303 e. The van der Waals surface area contributed by atoms with Crippen molar-refractivity contribution in [1.82, 2.24) is 10.4 Å². The maximum Gasteiger partial charge on any atom is 0.0497 e. The van der Waals surface area contributed by atoms with Gasteiger partial charge < -0.3 is 5.43 Å². The van der Waals surface area contributed by atoms with Gasteiger partial charge in [0, 0.05) is 23.9 Å². The molecule has 0 aromatic carbocycles. The molecule has 2 saturated carbocycles. The molecule has 0 radical (unpaired) electrons. The van der Waals surface area contributed by atoms with Gasteiger partial charge in [-0.3, -0.25) is 5.01 Å². The number of nitrogens with one attached hydrogen (secondary N) is 1. The standard InChI is InChI=1S/C16H26N2/c1-3-8-14(9-4-1)16-12-7-13-18(17-16)15-10-5-2-6-11-15/h7,12-15,17H,1-6,8-11H2. The normalized spacial score (nSPS) is 26.9. The first-order chi connectivity index (χ1) is 8.93. The molecule has 0 aromatic rings. The molecule has 2 heteroatoms. The third kappa shape index (κ3) is 2.73. The molecule has 0 amide bonds. The molecule has 1 heterocycles. The first-order valence-electron chi connectivity index (χ1n) is 7.87. The highest BCUT2D eigenvalue weighted by molar-refractivity contribution is 5.18. The topological polar surface area (TPSA) is 15.3 Å². The molecular formula is C16H26N2. The quantitative estimate of drug-likeness (QED) is 0.788. The summed E-state index contributed by atoms with van der Waals surface area (Å²) in [4.78, 5) is 0.